The van der Waals surface area contributed by atoms with E-state index in [9.17, 15) is 9.59 Å². The summed E-state index contributed by atoms with van der Waals surface area (Å²) in [5.74, 6) is -0.158. The van der Waals surface area contributed by atoms with Gasteiger partial charge in [-0.1, -0.05) is 23.7 Å². The first kappa shape index (κ1) is 14.8. The predicted molar refractivity (Wildman–Crippen MR) is 96.1 cm³/mol. The number of carbonyl (C=O) groups excluding carboxylic acids is 1. The van der Waals surface area contributed by atoms with Crippen LogP contribution in [0.5, 0.6) is 0 Å². The first-order valence-corrected chi connectivity index (χ1v) is 7.82. The number of hydrogen-bond acceptors (Lipinski definition) is 2. The fourth-order valence-corrected chi connectivity index (χ4v) is 3.26. The summed E-state index contributed by atoms with van der Waals surface area (Å²) >= 11 is 5.97. The van der Waals surface area contributed by atoms with Gasteiger partial charge in [-0.2, -0.15) is 0 Å². The summed E-state index contributed by atoms with van der Waals surface area (Å²) in [5.41, 5.74) is 4.59. The molecule has 5 nitrogen and oxygen atoms in total. The molecule has 1 amide bonds. The van der Waals surface area contributed by atoms with Crippen LogP contribution in [0, 0.1) is 0 Å². The number of rotatable bonds is 1. The highest BCUT2D eigenvalue weighted by molar-refractivity contribution is 6.36. The Bertz CT molecular complexity index is 1110. The number of hydrogen-bond donors (Lipinski definition) is 1. The van der Waals surface area contributed by atoms with Crippen molar-refractivity contribution in [3.63, 3.8) is 0 Å². The molecule has 0 aliphatic carbocycles. The second-order valence-corrected chi connectivity index (χ2v) is 6.29. The summed E-state index contributed by atoms with van der Waals surface area (Å²) < 4.78 is 3.20. The number of anilines is 1. The van der Waals surface area contributed by atoms with Crippen LogP contribution in [0.3, 0.4) is 0 Å². The smallest absolute Gasteiger partial charge is 0.321 e. The van der Waals surface area contributed by atoms with E-state index >= 15 is 0 Å². The first-order chi connectivity index (χ1) is 11.5. The molecule has 3 aromatic rings. The molecule has 4 rings (SSSR count). The van der Waals surface area contributed by atoms with E-state index in [1.165, 1.54) is 0 Å². The van der Waals surface area contributed by atoms with Crippen LogP contribution in [0.15, 0.2) is 41.2 Å². The summed E-state index contributed by atoms with van der Waals surface area (Å²) in [7, 11) is 3.48. The number of fused-ring (bicyclic) bond motifs is 2. The van der Waals surface area contributed by atoms with Gasteiger partial charge in [0.05, 0.1) is 16.7 Å². The fourth-order valence-electron chi connectivity index (χ4n) is 3.09. The van der Waals surface area contributed by atoms with Crippen molar-refractivity contribution in [2.75, 3.05) is 5.32 Å². The van der Waals surface area contributed by atoms with E-state index in [1.54, 1.807) is 35.4 Å². The third-order valence-electron chi connectivity index (χ3n) is 4.37. The topological polar surface area (TPSA) is 56.0 Å². The van der Waals surface area contributed by atoms with Crippen molar-refractivity contribution in [1.82, 2.24) is 9.13 Å². The number of amides is 1. The van der Waals surface area contributed by atoms with Crippen molar-refractivity contribution in [3.05, 3.63) is 63.0 Å². The van der Waals surface area contributed by atoms with Gasteiger partial charge in [-0.15, -0.1) is 0 Å². The van der Waals surface area contributed by atoms with E-state index in [0.717, 1.165) is 22.2 Å². The molecule has 0 radical (unpaired) electrons. The molecule has 0 fully saturated rings. The third-order valence-corrected chi connectivity index (χ3v) is 4.61. The molecule has 1 N–H and O–H groups in total. The Kier molecular flexibility index (Phi) is 3.15. The lowest BCUT2D eigenvalue weighted by atomic mass is 10.0. The molecule has 0 bridgehead atoms. The highest BCUT2D eigenvalue weighted by Gasteiger charge is 2.24. The quantitative estimate of drug-likeness (QED) is 0.693. The van der Waals surface area contributed by atoms with Gasteiger partial charge >= 0.3 is 5.69 Å². The molecule has 0 atom stereocenters. The molecule has 1 aliphatic heterocycles. The van der Waals surface area contributed by atoms with Crippen LogP contribution >= 0.6 is 11.6 Å². The van der Waals surface area contributed by atoms with Crippen LogP contribution in [-0.2, 0) is 18.9 Å². The molecule has 0 spiro atoms. The Morgan fingerprint density at radius 3 is 2.54 bits per heavy atom. The van der Waals surface area contributed by atoms with Crippen molar-refractivity contribution in [2.24, 2.45) is 14.1 Å². The van der Waals surface area contributed by atoms with E-state index < -0.39 is 0 Å². The fraction of sp³-hybridized carbons (Fsp3) is 0.111. The maximum Gasteiger partial charge on any atom is 0.328 e. The summed E-state index contributed by atoms with van der Waals surface area (Å²) in [6.07, 6.45) is 1.83. The maximum absolute atomic E-state index is 12.3. The number of benzene rings is 2. The zero-order chi connectivity index (χ0) is 17.0. The minimum atomic E-state index is -0.158. The summed E-state index contributed by atoms with van der Waals surface area (Å²) in [5, 5.41) is 3.40. The highest BCUT2D eigenvalue weighted by Crippen LogP contribution is 2.35. The van der Waals surface area contributed by atoms with Crippen molar-refractivity contribution < 1.29 is 4.79 Å². The zero-order valence-electron chi connectivity index (χ0n) is 13.1. The number of halogens is 1. The molecule has 1 aliphatic rings. The molecule has 0 saturated carbocycles. The van der Waals surface area contributed by atoms with Gasteiger partial charge in [0.25, 0.3) is 5.91 Å². The maximum atomic E-state index is 12.3. The summed E-state index contributed by atoms with van der Waals surface area (Å²) in [6.45, 7) is 0. The number of nitrogens with zero attached hydrogens (tertiary/aromatic N) is 2. The van der Waals surface area contributed by atoms with Gasteiger partial charge in [0.2, 0.25) is 0 Å². The van der Waals surface area contributed by atoms with Crippen LogP contribution in [0.2, 0.25) is 5.02 Å². The second kappa shape index (κ2) is 5.11. The lowest BCUT2D eigenvalue weighted by Crippen LogP contribution is -2.19. The Hall–Kier alpha value is -2.79. The highest BCUT2D eigenvalue weighted by atomic mass is 35.5. The molecular weight excluding hydrogens is 326 g/mol. The van der Waals surface area contributed by atoms with E-state index in [-0.39, 0.29) is 11.6 Å². The number of imidazole rings is 1. The Morgan fingerprint density at radius 2 is 1.75 bits per heavy atom. The van der Waals surface area contributed by atoms with E-state index in [4.69, 9.17) is 11.6 Å². The molecule has 2 aromatic carbocycles. The van der Waals surface area contributed by atoms with Crippen molar-refractivity contribution in [1.29, 1.82) is 0 Å². The van der Waals surface area contributed by atoms with Gasteiger partial charge < -0.3 is 5.32 Å². The van der Waals surface area contributed by atoms with Gasteiger partial charge in [-0.05, 0) is 35.9 Å². The van der Waals surface area contributed by atoms with Gasteiger partial charge in [0.15, 0.2) is 0 Å². The Labute approximate surface area is 142 Å². The number of carbonyl (C=O) groups is 1. The SMILES string of the molecule is Cn1c(=O)n(C)c2cc(C=C3C(=O)Nc4cc(Cl)ccc43)ccc21. The van der Waals surface area contributed by atoms with Crippen LogP contribution in [0.25, 0.3) is 22.7 Å². The molecule has 0 unspecified atom stereocenters. The summed E-state index contributed by atoms with van der Waals surface area (Å²) in [6, 6.07) is 11.0. The van der Waals surface area contributed by atoms with Crippen LogP contribution < -0.4 is 11.0 Å². The molecule has 2 heterocycles. The van der Waals surface area contributed by atoms with E-state index in [0.29, 0.717) is 16.3 Å². The van der Waals surface area contributed by atoms with E-state index in [2.05, 4.69) is 5.32 Å². The molecule has 1 aromatic heterocycles. The molecule has 120 valence electrons. The summed E-state index contributed by atoms with van der Waals surface area (Å²) in [4.78, 5) is 24.3. The van der Waals surface area contributed by atoms with Crippen molar-refractivity contribution in [3.8, 4) is 0 Å². The average molecular weight is 340 g/mol. The minimum absolute atomic E-state index is 0.0756. The Morgan fingerprint density at radius 1 is 1.00 bits per heavy atom. The van der Waals surface area contributed by atoms with Crippen LogP contribution in [0.1, 0.15) is 11.1 Å². The molecule has 6 heteroatoms. The van der Waals surface area contributed by atoms with Crippen molar-refractivity contribution >= 4 is 45.9 Å². The largest absolute Gasteiger partial charge is 0.328 e. The minimum Gasteiger partial charge on any atom is -0.321 e. The number of aromatic nitrogens is 2. The molecule has 24 heavy (non-hydrogen) atoms. The average Bonchev–Trinajstić information content (AvgIpc) is 2.97. The predicted octanol–water partition coefficient (Wildman–Crippen LogP) is 3.02. The van der Waals surface area contributed by atoms with Gasteiger partial charge in [-0.3, -0.25) is 13.9 Å². The normalized spacial score (nSPS) is 15.1. The second-order valence-electron chi connectivity index (χ2n) is 5.85. The standard InChI is InChI=1S/C18H14ClN3O2/c1-21-15-6-3-10(8-16(15)22(2)18(21)24)7-13-12-5-4-11(19)9-14(12)20-17(13)23/h3-9H,1-2H3,(H,20,23). The molecular formula is C18H14ClN3O2. The number of nitrogens with one attached hydrogen (secondary N) is 1. The van der Waals surface area contributed by atoms with Gasteiger partial charge in [-0.25, -0.2) is 4.79 Å². The zero-order valence-corrected chi connectivity index (χ0v) is 13.9. The van der Waals surface area contributed by atoms with Crippen LogP contribution in [-0.4, -0.2) is 15.0 Å². The molecule has 0 saturated heterocycles. The van der Waals surface area contributed by atoms with Gasteiger partial charge in [0, 0.05) is 30.3 Å². The lowest BCUT2D eigenvalue weighted by Gasteiger charge is -2.01. The first-order valence-electron chi connectivity index (χ1n) is 7.44. The van der Waals surface area contributed by atoms with Gasteiger partial charge in [0.1, 0.15) is 0 Å². The monoisotopic (exact) mass is 339 g/mol. The lowest BCUT2D eigenvalue weighted by molar-refractivity contribution is -0.110. The van der Waals surface area contributed by atoms with Crippen LogP contribution in [0.4, 0.5) is 5.69 Å². The Balaban J connectivity index is 1.88. The third kappa shape index (κ3) is 2.09. The van der Waals surface area contributed by atoms with E-state index in [1.807, 2.05) is 30.3 Å². The number of aryl methyl sites for hydroxylation is 2. The van der Waals surface area contributed by atoms with Crippen molar-refractivity contribution in [2.45, 2.75) is 0 Å².